The third-order valence-electron chi connectivity index (χ3n) is 3.46. The normalized spacial score (nSPS) is 11.1. The van der Waals surface area contributed by atoms with Crippen LogP contribution in [0.5, 0.6) is 5.75 Å². The van der Waals surface area contributed by atoms with Gasteiger partial charge in [0.15, 0.2) is 9.84 Å². The minimum absolute atomic E-state index is 0.123. The number of methoxy groups -OCH3 is 1. The molecule has 0 aliphatic heterocycles. The van der Waals surface area contributed by atoms with Crippen molar-refractivity contribution in [3.05, 3.63) is 59.7 Å². The molecule has 1 N–H and O–H groups in total. The molecule has 0 aliphatic rings. The molecule has 2 aromatic rings. The summed E-state index contributed by atoms with van der Waals surface area (Å²) in [5, 5.41) is 2.77. The molecule has 25 heavy (non-hydrogen) atoms. The number of nitrogens with one attached hydrogen (secondary N) is 1. The van der Waals surface area contributed by atoms with Crippen LogP contribution >= 0.6 is 0 Å². The zero-order valence-corrected chi connectivity index (χ0v) is 15.0. The van der Waals surface area contributed by atoms with Crippen LogP contribution in [-0.2, 0) is 21.1 Å². The Labute approximate surface area is 147 Å². The number of benzene rings is 2. The minimum atomic E-state index is -3.34. The molecule has 2 aromatic carbocycles. The quantitative estimate of drug-likeness (QED) is 0.726. The molecule has 0 unspecified atom stereocenters. The summed E-state index contributed by atoms with van der Waals surface area (Å²) in [5.74, 6) is 0.402. The van der Waals surface area contributed by atoms with E-state index in [9.17, 15) is 13.2 Å². The van der Waals surface area contributed by atoms with Crippen molar-refractivity contribution in [2.45, 2.75) is 11.4 Å². The second kappa shape index (κ2) is 8.64. The fourth-order valence-corrected chi connectivity index (χ4v) is 2.77. The molecule has 0 heterocycles. The van der Waals surface area contributed by atoms with Crippen molar-refractivity contribution >= 4 is 15.7 Å². The van der Waals surface area contributed by atoms with E-state index in [1.807, 2.05) is 24.3 Å². The summed E-state index contributed by atoms with van der Waals surface area (Å²) < 4.78 is 33.5. The standard InChI is InChI=1S/C18H21NO5S/c1-23-10-11-24-16-8-6-14(7-9-16)13-19-18(20)15-4-3-5-17(12-15)25(2,21)22/h3-9,12H,10-11,13H2,1-2H3,(H,19,20). The molecule has 0 fully saturated rings. The third-order valence-corrected chi connectivity index (χ3v) is 4.57. The molecule has 0 aliphatic carbocycles. The van der Waals surface area contributed by atoms with Gasteiger partial charge in [0.25, 0.3) is 5.91 Å². The smallest absolute Gasteiger partial charge is 0.251 e. The molecule has 0 aromatic heterocycles. The Morgan fingerprint density at radius 2 is 1.80 bits per heavy atom. The Balaban J connectivity index is 1.94. The molecule has 1 amide bonds. The van der Waals surface area contributed by atoms with E-state index < -0.39 is 9.84 Å². The van der Waals surface area contributed by atoms with Crippen LogP contribution in [0.15, 0.2) is 53.4 Å². The summed E-state index contributed by atoms with van der Waals surface area (Å²) in [5.41, 5.74) is 1.22. The first kappa shape index (κ1) is 19.0. The highest BCUT2D eigenvalue weighted by atomic mass is 32.2. The Morgan fingerprint density at radius 1 is 1.08 bits per heavy atom. The first-order valence-corrected chi connectivity index (χ1v) is 9.58. The highest BCUT2D eigenvalue weighted by Gasteiger charge is 2.11. The fraction of sp³-hybridized carbons (Fsp3) is 0.278. The van der Waals surface area contributed by atoms with Crippen LogP contribution in [0, 0.1) is 0 Å². The average Bonchev–Trinajstić information content (AvgIpc) is 2.60. The topological polar surface area (TPSA) is 81.7 Å². The molecular weight excluding hydrogens is 342 g/mol. The Bertz CT molecular complexity index is 816. The summed E-state index contributed by atoms with van der Waals surface area (Å²) >= 11 is 0. The largest absolute Gasteiger partial charge is 0.491 e. The molecule has 0 radical (unpaired) electrons. The Morgan fingerprint density at radius 3 is 2.44 bits per heavy atom. The van der Waals surface area contributed by atoms with Crippen LogP contribution in [-0.4, -0.2) is 40.9 Å². The molecule has 7 heteroatoms. The number of sulfone groups is 1. The number of amides is 1. The lowest BCUT2D eigenvalue weighted by Crippen LogP contribution is -2.23. The second-order valence-electron chi connectivity index (χ2n) is 5.47. The second-order valence-corrected chi connectivity index (χ2v) is 7.48. The van der Waals surface area contributed by atoms with Crippen molar-refractivity contribution in [3.63, 3.8) is 0 Å². The first-order valence-electron chi connectivity index (χ1n) is 7.69. The molecular formula is C18H21NO5S. The Hall–Kier alpha value is -2.38. The van der Waals surface area contributed by atoms with Gasteiger partial charge < -0.3 is 14.8 Å². The molecule has 134 valence electrons. The lowest BCUT2D eigenvalue weighted by molar-refractivity contribution is 0.0950. The van der Waals surface area contributed by atoms with E-state index in [-0.39, 0.29) is 10.8 Å². The summed E-state index contributed by atoms with van der Waals surface area (Å²) in [7, 11) is -1.73. The summed E-state index contributed by atoms with van der Waals surface area (Å²) in [4.78, 5) is 12.3. The maximum Gasteiger partial charge on any atom is 0.251 e. The van der Waals surface area contributed by atoms with Crippen molar-refractivity contribution < 1.29 is 22.7 Å². The third kappa shape index (κ3) is 5.88. The van der Waals surface area contributed by atoms with Gasteiger partial charge in [0.1, 0.15) is 12.4 Å². The Kier molecular flexibility index (Phi) is 6.55. The van der Waals surface area contributed by atoms with Crippen LogP contribution in [0.25, 0.3) is 0 Å². The van der Waals surface area contributed by atoms with Gasteiger partial charge in [0.05, 0.1) is 11.5 Å². The van der Waals surface area contributed by atoms with E-state index in [2.05, 4.69) is 5.32 Å². The van der Waals surface area contributed by atoms with E-state index in [0.717, 1.165) is 17.6 Å². The van der Waals surface area contributed by atoms with E-state index in [1.165, 1.54) is 12.1 Å². The number of hydrogen-bond acceptors (Lipinski definition) is 5. The lowest BCUT2D eigenvalue weighted by Gasteiger charge is -2.08. The average molecular weight is 363 g/mol. The highest BCUT2D eigenvalue weighted by molar-refractivity contribution is 7.90. The van der Waals surface area contributed by atoms with E-state index in [0.29, 0.717) is 25.3 Å². The van der Waals surface area contributed by atoms with Crippen molar-refractivity contribution in [1.82, 2.24) is 5.32 Å². The monoisotopic (exact) mass is 363 g/mol. The van der Waals surface area contributed by atoms with Crippen LogP contribution in [0.2, 0.25) is 0 Å². The lowest BCUT2D eigenvalue weighted by atomic mass is 10.2. The maximum absolute atomic E-state index is 12.2. The molecule has 6 nitrogen and oxygen atoms in total. The summed E-state index contributed by atoms with van der Waals surface area (Å²) in [6.07, 6.45) is 1.11. The van der Waals surface area contributed by atoms with Gasteiger partial charge in [-0.25, -0.2) is 8.42 Å². The number of rotatable bonds is 8. The molecule has 0 atom stereocenters. The first-order chi connectivity index (χ1) is 11.9. The van der Waals surface area contributed by atoms with Gasteiger partial charge in [0, 0.05) is 25.5 Å². The van der Waals surface area contributed by atoms with Crippen LogP contribution < -0.4 is 10.1 Å². The SMILES string of the molecule is COCCOc1ccc(CNC(=O)c2cccc(S(C)(=O)=O)c2)cc1. The van der Waals surface area contributed by atoms with Gasteiger partial charge in [-0.3, -0.25) is 4.79 Å². The zero-order valence-electron chi connectivity index (χ0n) is 14.2. The molecule has 0 saturated heterocycles. The predicted molar refractivity (Wildman–Crippen MR) is 94.5 cm³/mol. The van der Waals surface area contributed by atoms with Crippen molar-refractivity contribution in [1.29, 1.82) is 0 Å². The van der Waals surface area contributed by atoms with Gasteiger partial charge >= 0.3 is 0 Å². The van der Waals surface area contributed by atoms with Gasteiger partial charge in [-0.15, -0.1) is 0 Å². The minimum Gasteiger partial charge on any atom is -0.491 e. The molecule has 0 bridgehead atoms. The molecule has 0 saturated carbocycles. The number of ether oxygens (including phenoxy) is 2. The van der Waals surface area contributed by atoms with Gasteiger partial charge in [-0.2, -0.15) is 0 Å². The van der Waals surface area contributed by atoms with E-state index in [1.54, 1.807) is 19.2 Å². The fourth-order valence-electron chi connectivity index (χ4n) is 2.10. The maximum atomic E-state index is 12.2. The number of carbonyl (C=O) groups is 1. The number of carbonyl (C=O) groups excluding carboxylic acids is 1. The van der Waals surface area contributed by atoms with Crippen molar-refractivity contribution in [2.24, 2.45) is 0 Å². The van der Waals surface area contributed by atoms with Crippen LogP contribution in [0.4, 0.5) is 0 Å². The van der Waals surface area contributed by atoms with E-state index in [4.69, 9.17) is 9.47 Å². The van der Waals surface area contributed by atoms with Gasteiger partial charge in [-0.05, 0) is 35.9 Å². The van der Waals surface area contributed by atoms with Crippen LogP contribution in [0.1, 0.15) is 15.9 Å². The summed E-state index contributed by atoms with van der Waals surface area (Å²) in [6.45, 7) is 1.33. The van der Waals surface area contributed by atoms with Crippen molar-refractivity contribution in [3.8, 4) is 5.75 Å². The van der Waals surface area contributed by atoms with Gasteiger partial charge in [0.2, 0.25) is 0 Å². The van der Waals surface area contributed by atoms with Crippen LogP contribution in [0.3, 0.4) is 0 Å². The molecule has 0 spiro atoms. The van der Waals surface area contributed by atoms with Crippen molar-refractivity contribution in [2.75, 3.05) is 26.6 Å². The molecule has 2 rings (SSSR count). The zero-order chi connectivity index (χ0) is 18.3. The summed E-state index contributed by atoms with van der Waals surface area (Å²) in [6, 6.07) is 13.3. The van der Waals surface area contributed by atoms with Gasteiger partial charge in [-0.1, -0.05) is 18.2 Å². The highest BCUT2D eigenvalue weighted by Crippen LogP contribution is 2.13. The van der Waals surface area contributed by atoms with E-state index >= 15 is 0 Å². The predicted octanol–water partition coefficient (Wildman–Crippen LogP) is 2.05. The number of hydrogen-bond donors (Lipinski definition) is 1.